The van der Waals surface area contributed by atoms with Crippen molar-refractivity contribution >= 4 is 11.6 Å². The minimum atomic E-state index is -4.00. The Labute approximate surface area is 194 Å². The van der Waals surface area contributed by atoms with E-state index >= 15 is 0 Å². The number of aromatic nitrogens is 1. The van der Waals surface area contributed by atoms with Gasteiger partial charge in [-0.15, -0.1) is 0 Å². The van der Waals surface area contributed by atoms with E-state index in [1.807, 2.05) is 18.2 Å². The lowest BCUT2D eigenvalue weighted by Gasteiger charge is -2.17. The summed E-state index contributed by atoms with van der Waals surface area (Å²) in [6.07, 6.45) is 1.44. The molecule has 0 saturated heterocycles. The average molecular weight is 475 g/mol. The number of rotatable bonds is 11. The van der Waals surface area contributed by atoms with Crippen LogP contribution in [-0.4, -0.2) is 24.8 Å². The van der Waals surface area contributed by atoms with E-state index in [-0.39, 0.29) is 6.92 Å². The van der Waals surface area contributed by atoms with E-state index in [4.69, 9.17) is 21.1 Å². The maximum absolute atomic E-state index is 10.4. The van der Waals surface area contributed by atoms with E-state index in [0.717, 1.165) is 18.0 Å². The smallest absolute Gasteiger partial charge is 0.386 e. The highest BCUT2D eigenvalue weighted by Crippen LogP contribution is 2.36. The summed E-state index contributed by atoms with van der Waals surface area (Å²) in [7, 11) is 1.64. The van der Waals surface area contributed by atoms with Crippen molar-refractivity contribution in [2.45, 2.75) is 59.7 Å². The van der Waals surface area contributed by atoms with E-state index in [9.17, 15) is 13.2 Å². The minimum Gasteiger partial charge on any atom is -0.493 e. The van der Waals surface area contributed by atoms with Crippen molar-refractivity contribution in [1.29, 1.82) is 0 Å². The molecule has 1 aromatic heterocycles. The maximum atomic E-state index is 10.4. The number of methoxy groups -OCH3 is 1. The van der Waals surface area contributed by atoms with Crippen molar-refractivity contribution in [2.75, 3.05) is 13.7 Å². The van der Waals surface area contributed by atoms with Gasteiger partial charge in [0.05, 0.1) is 7.11 Å². The SMILES string of the molecule is CC(F)(F)F.CCC(C)CCC(C)CNCc1cccc(OC)c1Oc1ncccc1Cl. The lowest BCUT2D eigenvalue weighted by atomic mass is 9.96. The quantitative estimate of drug-likeness (QED) is 0.363. The first-order chi connectivity index (χ1) is 15.0. The second-order valence-corrected chi connectivity index (χ2v) is 8.36. The summed E-state index contributed by atoms with van der Waals surface area (Å²) in [5, 5.41) is 4.02. The van der Waals surface area contributed by atoms with Gasteiger partial charge in [0, 0.05) is 25.2 Å². The Bertz CT molecular complexity index is 797. The molecule has 0 spiro atoms. The zero-order valence-corrected chi connectivity index (χ0v) is 20.2. The predicted molar refractivity (Wildman–Crippen MR) is 124 cm³/mol. The van der Waals surface area contributed by atoms with E-state index in [2.05, 4.69) is 31.1 Å². The molecule has 1 heterocycles. The topological polar surface area (TPSA) is 43.4 Å². The molecule has 2 unspecified atom stereocenters. The van der Waals surface area contributed by atoms with Gasteiger partial charge in [0.1, 0.15) is 5.02 Å². The molecule has 0 fully saturated rings. The summed E-state index contributed by atoms with van der Waals surface area (Å²) < 4.78 is 42.5. The van der Waals surface area contributed by atoms with Crippen LogP contribution in [-0.2, 0) is 6.54 Å². The van der Waals surface area contributed by atoms with Crippen molar-refractivity contribution in [3.63, 3.8) is 0 Å². The standard InChI is InChI=1S/C22H31ClN2O2.C2H3F3/c1-5-16(2)11-12-17(3)14-24-15-18-8-6-10-20(26-4)21(18)27-22-19(23)9-7-13-25-22;1-2(3,4)5/h6-10,13,16-17,24H,5,11-12,14-15H2,1-4H3;1H3. The second-order valence-electron chi connectivity index (χ2n) is 7.95. The predicted octanol–water partition coefficient (Wildman–Crippen LogP) is 7.66. The number of nitrogens with one attached hydrogen (secondary N) is 1. The van der Waals surface area contributed by atoms with Gasteiger partial charge in [0.2, 0.25) is 5.88 Å². The maximum Gasteiger partial charge on any atom is 0.386 e. The molecule has 0 aliphatic heterocycles. The van der Waals surface area contributed by atoms with Crippen molar-refractivity contribution in [1.82, 2.24) is 10.3 Å². The number of ether oxygens (including phenoxy) is 2. The van der Waals surface area contributed by atoms with Crippen molar-refractivity contribution < 1.29 is 22.6 Å². The molecular weight excluding hydrogens is 441 g/mol. The van der Waals surface area contributed by atoms with Gasteiger partial charge in [0.25, 0.3) is 0 Å². The first-order valence-corrected chi connectivity index (χ1v) is 11.1. The Balaban J connectivity index is 0.000000920. The van der Waals surface area contributed by atoms with Gasteiger partial charge in [0.15, 0.2) is 11.5 Å². The Morgan fingerprint density at radius 2 is 1.75 bits per heavy atom. The van der Waals surface area contributed by atoms with E-state index in [1.165, 1.54) is 19.3 Å². The van der Waals surface area contributed by atoms with Gasteiger partial charge in [-0.2, -0.15) is 13.2 Å². The number of alkyl halides is 3. The van der Waals surface area contributed by atoms with Crippen LogP contribution >= 0.6 is 11.6 Å². The molecule has 0 aliphatic carbocycles. The number of pyridine rings is 1. The summed E-state index contributed by atoms with van der Waals surface area (Å²) in [5.74, 6) is 3.14. The normalized spacial score (nSPS) is 13.0. The highest BCUT2D eigenvalue weighted by Gasteiger charge is 2.16. The van der Waals surface area contributed by atoms with Gasteiger partial charge in [-0.3, -0.25) is 0 Å². The van der Waals surface area contributed by atoms with Gasteiger partial charge in [-0.1, -0.05) is 57.3 Å². The van der Waals surface area contributed by atoms with Crippen LogP contribution in [0, 0.1) is 11.8 Å². The molecule has 32 heavy (non-hydrogen) atoms. The third-order valence-corrected chi connectivity index (χ3v) is 5.15. The number of para-hydroxylation sites is 1. The Morgan fingerprint density at radius 3 is 2.34 bits per heavy atom. The fourth-order valence-electron chi connectivity index (χ4n) is 2.85. The van der Waals surface area contributed by atoms with Crippen LogP contribution in [0.25, 0.3) is 0 Å². The number of benzene rings is 1. The monoisotopic (exact) mass is 474 g/mol. The van der Waals surface area contributed by atoms with Crippen LogP contribution in [0.4, 0.5) is 13.2 Å². The summed E-state index contributed by atoms with van der Waals surface area (Å²) in [4.78, 5) is 4.22. The van der Waals surface area contributed by atoms with Crippen LogP contribution in [0.15, 0.2) is 36.5 Å². The van der Waals surface area contributed by atoms with Crippen molar-refractivity contribution in [2.24, 2.45) is 11.8 Å². The van der Waals surface area contributed by atoms with Gasteiger partial charge in [-0.05, 0) is 43.0 Å². The molecule has 8 heteroatoms. The van der Waals surface area contributed by atoms with Crippen LogP contribution in [0.3, 0.4) is 0 Å². The number of hydrogen-bond donors (Lipinski definition) is 1. The molecule has 0 radical (unpaired) electrons. The average Bonchev–Trinajstić information content (AvgIpc) is 2.73. The third kappa shape index (κ3) is 11.6. The highest BCUT2D eigenvalue weighted by atomic mass is 35.5. The Kier molecular flexibility index (Phi) is 12.5. The number of halogens is 4. The molecule has 1 N–H and O–H groups in total. The molecule has 1 aromatic carbocycles. The zero-order valence-electron chi connectivity index (χ0n) is 19.4. The number of hydrogen-bond acceptors (Lipinski definition) is 4. The van der Waals surface area contributed by atoms with Gasteiger partial charge in [-0.25, -0.2) is 4.98 Å². The third-order valence-electron chi connectivity index (χ3n) is 4.86. The van der Waals surface area contributed by atoms with Gasteiger partial charge < -0.3 is 14.8 Å². The first kappa shape index (κ1) is 28.0. The zero-order chi connectivity index (χ0) is 24.1. The molecule has 2 aromatic rings. The van der Waals surface area contributed by atoms with Crippen LogP contribution in [0.2, 0.25) is 5.02 Å². The van der Waals surface area contributed by atoms with Crippen LogP contribution in [0.1, 0.15) is 52.5 Å². The molecule has 180 valence electrons. The molecule has 2 rings (SSSR count). The fraction of sp³-hybridized carbons (Fsp3) is 0.542. The van der Waals surface area contributed by atoms with Crippen LogP contribution in [0.5, 0.6) is 17.4 Å². The molecule has 0 saturated carbocycles. The molecule has 4 nitrogen and oxygen atoms in total. The lowest BCUT2D eigenvalue weighted by molar-refractivity contribution is -0.110. The first-order valence-electron chi connectivity index (χ1n) is 10.8. The van der Waals surface area contributed by atoms with E-state index in [1.54, 1.807) is 25.4 Å². The van der Waals surface area contributed by atoms with E-state index in [0.29, 0.717) is 34.9 Å². The summed E-state index contributed by atoms with van der Waals surface area (Å²) >= 11 is 6.20. The summed E-state index contributed by atoms with van der Waals surface area (Å²) in [6.45, 7) is 8.73. The fourth-order valence-corrected chi connectivity index (χ4v) is 3.01. The van der Waals surface area contributed by atoms with Crippen LogP contribution < -0.4 is 14.8 Å². The highest BCUT2D eigenvalue weighted by molar-refractivity contribution is 6.31. The number of nitrogens with zero attached hydrogens (tertiary/aromatic N) is 1. The van der Waals surface area contributed by atoms with Crippen molar-refractivity contribution in [3.05, 3.63) is 47.1 Å². The summed E-state index contributed by atoms with van der Waals surface area (Å²) in [6, 6.07) is 9.42. The van der Waals surface area contributed by atoms with Gasteiger partial charge >= 0.3 is 6.18 Å². The molecular formula is C24H34ClF3N2O2. The Morgan fingerprint density at radius 1 is 1.09 bits per heavy atom. The molecule has 0 bridgehead atoms. The van der Waals surface area contributed by atoms with Crippen molar-refractivity contribution in [3.8, 4) is 17.4 Å². The molecule has 2 atom stereocenters. The summed E-state index contributed by atoms with van der Waals surface area (Å²) in [5.41, 5.74) is 1.02. The second kappa shape index (κ2) is 14.2. The molecule has 0 aliphatic rings. The van der Waals surface area contributed by atoms with E-state index < -0.39 is 6.18 Å². The largest absolute Gasteiger partial charge is 0.493 e. The minimum absolute atomic E-state index is 0.188. The molecule has 0 amide bonds. The lowest BCUT2D eigenvalue weighted by Crippen LogP contribution is -2.21. The Hall–Kier alpha value is -1.99.